The van der Waals surface area contributed by atoms with E-state index >= 15 is 0 Å². The van der Waals surface area contributed by atoms with E-state index in [-0.39, 0.29) is 23.3 Å². The molecule has 3 N–H and O–H groups in total. The van der Waals surface area contributed by atoms with Gasteiger partial charge in [0, 0.05) is 12.0 Å². The van der Waals surface area contributed by atoms with Crippen LogP contribution >= 0.6 is 0 Å². The lowest BCUT2D eigenvalue weighted by molar-refractivity contribution is -0.146. The Kier molecular flexibility index (Phi) is 3.38. The van der Waals surface area contributed by atoms with E-state index in [2.05, 4.69) is 5.32 Å². The maximum Gasteiger partial charge on any atom is 0.240 e. The number of piperidine rings is 1. The van der Waals surface area contributed by atoms with E-state index < -0.39 is 0 Å². The molecular formula is C12H21N3O2. The largest absolute Gasteiger partial charge is 0.368 e. The molecule has 5 nitrogen and oxygen atoms in total. The molecule has 2 saturated heterocycles. The second-order valence-corrected chi connectivity index (χ2v) is 5.37. The maximum absolute atomic E-state index is 12.5. The molecule has 0 aromatic carbocycles. The molecule has 0 bridgehead atoms. The summed E-state index contributed by atoms with van der Waals surface area (Å²) in [5, 5.41) is 3.26. The van der Waals surface area contributed by atoms with Crippen molar-refractivity contribution in [2.45, 2.75) is 38.6 Å². The number of nitrogens with zero attached hydrogens (tertiary/aromatic N) is 1. The summed E-state index contributed by atoms with van der Waals surface area (Å²) in [5.41, 5.74) is 5.04. The number of rotatable bonds is 2. The molecule has 0 radical (unpaired) electrons. The van der Waals surface area contributed by atoms with Crippen LogP contribution in [0.25, 0.3) is 0 Å². The average molecular weight is 239 g/mol. The van der Waals surface area contributed by atoms with Gasteiger partial charge in [-0.2, -0.15) is 0 Å². The van der Waals surface area contributed by atoms with Crippen LogP contribution in [0.15, 0.2) is 0 Å². The Bertz CT molecular complexity index is 324. The van der Waals surface area contributed by atoms with Crippen LogP contribution in [-0.4, -0.2) is 42.4 Å². The molecule has 2 heterocycles. The lowest BCUT2D eigenvalue weighted by Gasteiger charge is -2.37. The van der Waals surface area contributed by atoms with Crippen molar-refractivity contribution in [3.63, 3.8) is 0 Å². The summed E-state index contributed by atoms with van der Waals surface area (Å²) in [6.45, 7) is 4.43. The van der Waals surface area contributed by atoms with Crippen LogP contribution in [0.5, 0.6) is 0 Å². The van der Waals surface area contributed by atoms with Crippen LogP contribution in [0.3, 0.4) is 0 Å². The zero-order chi connectivity index (χ0) is 12.5. The molecule has 5 heteroatoms. The van der Waals surface area contributed by atoms with Gasteiger partial charge in [0.2, 0.25) is 11.8 Å². The Balaban J connectivity index is 2.10. The van der Waals surface area contributed by atoms with E-state index in [0.717, 1.165) is 38.8 Å². The maximum atomic E-state index is 12.5. The van der Waals surface area contributed by atoms with Gasteiger partial charge in [0.15, 0.2) is 0 Å². The lowest BCUT2D eigenvalue weighted by Crippen LogP contribution is -2.52. The molecule has 2 rings (SSSR count). The van der Waals surface area contributed by atoms with Crippen molar-refractivity contribution >= 4 is 11.8 Å². The molecule has 1 unspecified atom stereocenters. The molecule has 2 amide bonds. The lowest BCUT2D eigenvalue weighted by atomic mass is 9.79. The van der Waals surface area contributed by atoms with Crippen LogP contribution < -0.4 is 11.1 Å². The van der Waals surface area contributed by atoms with Gasteiger partial charge in [-0.3, -0.25) is 9.59 Å². The van der Waals surface area contributed by atoms with Crippen molar-refractivity contribution in [2.24, 2.45) is 11.1 Å². The van der Waals surface area contributed by atoms with Crippen LogP contribution in [0.1, 0.15) is 32.6 Å². The minimum absolute atomic E-state index is 0.111. The summed E-state index contributed by atoms with van der Waals surface area (Å²) in [4.78, 5) is 25.5. The quantitative estimate of drug-likeness (QED) is 0.704. The summed E-state index contributed by atoms with van der Waals surface area (Å²) in [6.07, 6.45) is 3.28. The molecule has 2 aliphatic rings. The van der Waals surface area contributed by atoms with Gasteiger partial charge in [-0.25, -0.2) is 0 Å². The fourth-order valence-electron chi connectivity index (χ4n) is 2.84. The minimum Gasteiger partial charge on any atom is -0.368 e. The van der Waals surface area contributed by atoms with Crippen molar-refractivity contribution in [3.05, 3.63) is 0 Å². The monoisotopic (exact) mass is 239 g/mol. The summed E-state index contributed by atoms with van der Waals surface area (Å²) in [5.74, 6) is -0.256. The number of carbonyl (C=O) groups excluding carboxylic acids is 2. The van der Waals surface area contributed by atoms with Crippen LogP contribution in [-0.2, 0) is 9.59 Å². The van der Waals surface area contributed by atoms with E-state index in [0.29, 0.717) is 6.54 Å². The highest BCUT2D eigenvalue weighted by Gasteiger charge is 2.42. The number of nitrogens with two attached hydrogens (primary N) is 1. The zero-order valence-corrected chi connectivity index (χ0v) is 10.4. The fraction of sp³-hybridized carbons (Fsp3) is 0.833. The second kappa shape index (κ2) is 4.64. The molecule has 0 saturated carbocycles. The number of carbonyl (C=O) groups is 2. The van der Waals surface area contributed by atoms with Crippen molar-refractivity contribution < 1.29 is 9.59 Å². The molecule has 96 valence electrons. The number of nitrogens with one attached hydrogen (secondary N) is 1. The summed E-state index contributed by atoms with van der Waals surface area (Å²) in [7, 11) is 0. The average Bonchev–Trinajstić information content (AvgIpc) is 2.77. The summed E-state index contributed by atoms with van der Waals surface area (Å²) >= 11 is 0. The molecular weight excluding hydrogens is 218 g/mol. The van der Waals surface area contributed by atoms with E-state index in [1.807, 2.05) is 6.92 Å². The van der Waals surface area contributed by atoms with E-state index in [4.69, 9.17) is 5.73 Å². The normalized spacial score (nSPS) is 28.1. The molecule has 0 spiro atoms. The third-order valence-corrected chi connectivity index (χ3v) is 4.07. The zero-order valence-electron chi connectivity index (χ0n) is 10.4. The first-order chi connectivity index (χ1) is 8.04. The van der Waals surface area contributed by atoms with E-state index in [1.54, 1.807) is 4.90 Å². The molecule has 1 atom stereocenters. The Hall–Kier alpha value is -1.10. The smallest absolute Gasteiger partial charge is 0.240 e. The summed E-state index contributed by atoms with van der Waals surface area (Å²) in [6, 6.07) is -0.380. The number of amides is 2. The first-order valence-electron chi connectivity index (χ1n) is 6.36. The highest BCUT2D eigenvalue weighted by molar-refractivity contribution is 5.89. The summed E-state index contributed by atoms with van der Waals surface area (Å²) < 4.78 is 0. The topological polar surface area (TPSA) is 75.4 Å². The molecule has 0 aromatic rings. The highest BCUT2D eigenvalue weighted by Crippen LogP contribution is 2.33. The minimum atomic E-state index is -0.380. The number of likely N-dealkylation sites (tertiary alicyclic amines) is 1. The van der Waals surface area contributed by atoms with Crippen LogP contribution in [0, 0.1) is 5.41 Å². The van der Waals surface area contributed by atoms with Crippen molar-refractivity contribution in [1.82, 2.24) is 10.2 Å². The van der Waals surface area contributed by atoms with Gasteiger partial charge in [-0.15, -0.1) is 0 Å². The van der Waals surface area contributed by atoms with Crippen molar-refractivity contribution in [3.8, 4) is 0 Å². The Morgan fingerprint density at radius 2 is 2.00 bits per heavy atom. The molecule has 0 aliphatic carbocycles. The third kappa shape index (κ3) is 2.29. The molecule has 2 fully saturated rings. The molecule has 0 aromatic heterocycles. The van der Waals surface area contributed by atoms with E-state index in [9.17, 15) is 9.59 Å². The second-order valence-electron chi connectivity index (χ2n) is 5.37. The Morgan fingerprint density at radius 1 is 1.35 bits per heavy atom. The molecule has 17 heavy (non-hydrogen) atoms. The van der Waals surface area contributed by atoms with Crippen molar-refractivity contribution in [2.75, 3.05) is 19.6 Å². The van der Waals surface area contributed by atoms with Gasteiger partial charge in [0.25, 0.3) is 0 Å². The van der Waals surface area contributed by atoms with E-state index in [1.165, 1.54) is 0 Å². The Labute approximate surface area is 102 Å². The third-order valence-electron chi connectivity index (χ3n) is 4.07. The van der Waals surface area contributed by atoms with Gasteiger partial charge >= 0.3 is 0 Å². The van der Waals surface area contributed by atoms with Gasteiger partial charge < -0.3 is 16.0 Å². The standard InChI is InChI=1S/C12H21N3O2/c1-12(4-6-14-7-5-12)11(17)15-8-2-3-9(15)10(13)16/h9,14H,2-8H2,1H3,(H2,13,16). The predicted octanol–water partition coefficient (Wildman–Crippen LogP) is -0.148. The van der Waals surface area contributed by atoms with Gasteiger partial charge in [-0.05, 0) is 38.8 Å². The Morgan fingerprint density at radius 3 is 2.59 bits per heavy atom. The number of primary amides is 1. The molecule has 2 aliphatic heterocycles. The van der Waals surface area contributed by atoms with Gasteiger partial charge in [0.05, 0.1) is 0 Å². The fourth-order valence-corrected chi connectivity index (χ4v) is 2.84. The van der Waals surface area contributed by atoms with Gasteiger partial charge in [0.1, 0.15) is 6.04 Å². The predicted molar refractivity (Wildman–Crippen MR) is 64.1 cm³/mol. The van der Waals surface area contributed by atoms with Crippen LogP contribution in [0.4, 0.5) is 0 Å². The first-order valence-corrected chi connectivity index (χ1v) is 6.36. The number of hydrogen-bond acceptors (Lipinski definition) is 3. The number of hydrogen-bond donors (Lipinski definition) is 2. The van der Waals surface area contributed by atoms with Crippen LogP contribution in [0.2, 0.25) is 0 Å². The SMILES string of the molecule is CC1(C(=O)N2CCCC2C(N)=O)CCNCC1. The first kappa shape index (κ1) is 12.4. The highest BCUT2D eigenvalue weighted by atomic mass is 16.2. The van der Waals surface area contributed by atoms with Crippen molar-refractivity contribution in [1.29, 1.82) is 0 Å². The van der Waals surface area contributed by atoms with Gasteiger partial charge in [-0.1, -0.05) is 6.92 Å².